The van der Waals surface area contributed by atoms with E-state index in [4.69, 9.17) is 9.88 Å². The van der Waals surface area contributed by atoms with Gasteiger partial charge < -0.3 is 4.74 Å². The summed E-state index contributed by atoms with van der Waals surface area (Å²) in [5.41, 5.74) is 2.04. The lowest BCUT2D eigenvalue weighted by Crippen LogP contribution is -2.28. The van der Waals surface area contributed by atoms with Crippen LogP contribution < -0.4 is 14.8 Å². The summed E-state index contributed by atoms with van der Waals surface area (Å²) in [6, 6.07) is 22.5. The number of sulfonamides is 1. The smallest absolute Gasteiger partial charge is 0.271 e. The van der Waals surface area contributed by atoms with E-state index in [1.807, 2.05) is 54.6 Å². The summed E-state index contributed by atoms with van der Waals surface area (Å²) in [4.78, 5) is 19.9. The number of aliphatic imine (C=N–C) groups is 1. The van der Waals surface area contributed by atoms with Crippen molar-refractivity contribution in [1.82, 2.24) is 0 Å². The minimum atomic E-state index is -3.79. The third-order valence-corrected chi connectivity index (χ3v) is 6.52. The molecule has 1 aliphatic rings. The number of nitrogens with zero attached hydrogens (tertiary/aromatic N) is 2. The number of carbonyl (C=O) groups is 1. The standard InChI is InChI=1S/C23H19N3O4S2/c1-30-19-11-7-16(8-12-19)15-21-22(27)26(18-5-3-2-4-6-18)23(31-21)25-17-9-13-20(14-10-17)32(24,28)29/h2-15H,1H3,(H2,24,28,29). The van der Waals surface area contributed by atoms with E-state index in [9.17, 15) is 13.2 Å². The molecule has 0 aromatic heterocycles. The number of hydrogen-bond donors (Lipinski definition) is 1. The monoisotopic (exact) mass is 465 g/mol. The Morgan fingerprint density at radius 3 is 2.22 bits per heavy atom. The van der Waals surface area contributed by atoms with Crippen molar-refractivity contribution in [2.75, 3.05) is 12.0 Å². The molecule has 1 amide bonds. The number of amidine groups is 1. The largest absolute Gasteiger partial charge is 0.497 e. The van der Waals surface area contributed by atoms with Gasteiger partial charge in [0.15, 0.2) is 5.17 Å². The van der Waals surface area contributed by atoms with Gasteiger partial charge in [-0.25, -0.2) is 18.5 Å². The van der Waals surface area contributed by atoms with Gasteiger partial charge in [-0.05, 0) is 71.9 Å². The number of nitrogens with two attached hydrogens (primary N) is 1. The molecular weight excluding hydrogens is 446 g/mol. The Balaban J connectivity index is 1.72. The summed E-state index contributed by atoms with van der Waals surface area (Å²) in [5, 5.41) is 5.62. The highest BCUT2D eigenvalue weighted by atomic mass is 32.2. The van der Waals surface area contributed by atoms with Crippen molar-refractivity contribution in [3.05, 3.63) is 89.3 Å². The number of methoxy groups -OCH3 is 1. The Labute approximate surface area is 190 Å². The van der Waals surface area contributed by atoms with Gasteiger partial charge >= 0.3 is 0 Å². The van der Waals surface area contributed by atoms with Gasteiger partial charge in [0.05, 0.1) is 28.3 Å². The van der Waals surface area contributed by atoms with Gasteiger partial charge in [0, 0.05) is 0 Å². The lowest BCUT2D eigenvalue weighted by molar-refractivity contribution is -0.113. The maximum Gasteiger partial charge on any atom is 0.271 e. The summed E-state index contributed by atoms with van der Waals surface area (Å²) in [6.45, 7) is 0. The van der Waals surface area contributed by atoms with Crippen molar-refractivity contribution in [1.29, 1.82) is 0 Å². The number of carbonyl (C=O) groups excluding carboxylic acids is 1. The molecule has 1 saturated heterocycles. The molecule has 0 radical (unpaired) electrons. The Hall–Kier alpha value is -3.40. The number of amides is 1. The summed E-state index contributed by atoms with van der Waals surface area (Å²) >= 11 is 1.24. The van der Waals surface area contributed by atoms with E-state index in [2.05, 4.69) is 4.99 Å². The number of hydrogen-bond acceptors (Lipinski definition) is 6. The maximum absolute atomic E-state index is 13.3. The lowest BCUT2D eigenvalue weighted by Gasteiger charge is -2.15. The molecule has 1 aliphatic heterocycles. The predicted molar refractivity (Wildman–Crippen MR) is 127 cm³/mol. The van der Waals surface area contributed by atoms with Gasteiger partial charge in [-0.1, -0.05) is 30.3 Å². The van der Waals surface area contributed by atoms with E-state index in [1.54, 1.807) is 25.3 Å². The highest BCUT2D eigenvalue weighted by molar-refractivity contribution is 8.19. The second-order valence-corrected chi connectivity index (χ2v) is 9.36. The molecule has 2 N–H and O–H groups in total. The van der Waals surface area contributed by atoms with Crippen LogP contribution in [0, 0.1) is 0 Å². The Morgan fingerprint density at radius 2 is 1.62 bits per heavy atom. The lowest BCUT2D eigenvalue weighted by atomic mass is 10.2. The molecule has 162 valence electrons. The second-order valence-electron chi connectivity index (χ2n) is 6.79. The zero-order valence-corrected chi connectivity index (χ0v) is 18.6. The Morgan fingerprint density at radius 1 is 0.969 bits per heavy atom. The number of thioether (sulfide) groups is 1. The summed E-state index contributed by atoms with van der Waals surface area (Å²) in [7, 11) is -2.20. The SMILES string of the molecule is COc1ccc(C=C2SC(=Nc3ccc(S(N)(=O)=O)cc3)N(c3ccccc3)C2=O)cc1. The number of para-hydroxylation sites is 1. The van der Waals surface area contributed by atoms with Gasteiger partial charge in [-0.15, -0.1) is 0 Å². The van der Waals surface area contributed by atoms with Crippen LogP contribution in [0.25, 0.3) is 6.08 Å². The van der Waals surface area contributed by atoms with Crippen LogP contribution in [0.1, 0.15) is 5.56 Å². The first kappa shape index (κ1) is 21.8. The zero-order valence-electron chi connectivity index (χ0n) is 17.0. The number of ether oxygens (including phenoxy) is 1. The molecule has 3 aromatic rings. The molecule has 0 spiro atoms. The fourth-order valence-electron chi connectivity index (χ4n) is 3.03. The van der Waals surface area contributed by atoms with Crippen molar-refractivity contribution in [2.45, 2.75) is 4.90 Å². The molecule has 1 heterocycles. The number of rotatable bonds is 5. The van der Waals surface area contributed by atoms with Crippen molar-refractivity contribution in [3.63, 3.8) is 0 Å². The van der Waals surface area contributed by atoms with E-state index in [1.165, 1.54) is 28.8 Å². The van der Waals surface area contributed by atoms with Crippen molar-refractivity contribution in [2.24, 2.45) is 10.1 Å². The average Bonchev–Trinajstić information content (AvgIpc) is 3.09. The van der Waals surface area contributed by atoms with E-state index in [0.29, 0.717) is 21.4 Å². The molecule has 0 bridgehead atoms. The van der Waals surface area contributed by atoms with Gasteiger partial charge in [0.1, 0.15) is 5.75 Å². The van der Waals surface area contributed by atoms with Crippen LogP contribution in [0.2, 0.25) is 0 Å². The first-order valence-corrected chi connectivity index (χ1v) is 11.9. The zero-order chi connectivity index (χ0) is 22.7. The molecule has 3 aromatic carbocycles. The van der Waals surface area contributed by atoms with Gasteiger partial charge in [-0.3, -0.25) is 9.69 Å². The minimum Gasteiger partial charge on any atom is -0.497 e. The first-order chi connectivity index (χ1) is 15.3. The highest BCUT2D eigenvalue weighted by Crippen LogP contribution is 2.37. The number of anilines is 1. The summed E-state index contributed by atoms with van der Waals surface area (Å²) in [5.74, 6) is 0.533. The van der Waals surface area contributed by atoms with Gasteiger partial charge in [-0.2, -0.15) is 0 Å². The third kappa shape index (κ3) is 4.75. The van der Waals surface area contributed by atoms with E-state index in [-0.39, 0.29) is 10.8 Å². The van der Waals surface area contributed by atoms with Crippen LogP contribution in [-0.4, -0.2) is 26.6 Å². The molecule has 1 fully saturated rings. The molecule has 0 atom stereocenters. The topological polar surface area (TPSA) is 102 Å². The molecule has 7 nitrogen and oxygen atoms in total. The highest BCUT2D eigenvalue weighted by Gasteiger charge is 2.34. The van der Waals surface area contributed by atoms with E-state index >= 15 is 0 Å². The third-order valence-electron chi connectivity index (χ3n) is 4.62. The Kier molecular flexibility index (Phi) is 6.13. The van der Waals surface area contributed by atoms with Crippen LogP contribution in [0.5, 0.6) is 5.75 Å². The van der Waals surface area contributed by atoms with Crippen LogP contribution in [0.4, 0.5) is 11.4 Å². The van der Waals surface area contributed by atoms with Crippen LogP contribution >= 0.6 is 11.8 Å². The first-order valence-electron chi connectivity index (χ1n) is 9.50. The normalized spacial score (nSPS) is 16.7. The van der Waals surface area contributed by atoms with E-state index in [0.717, 1.165) is 11.3 Å². The fourth-order valence-corrected chi connectivity index (χ4v) is 4.54. The second kappa shape index (κ2) is 8.99. The number of primary sulfonamides is 1. The molecule has 0 saturated carbocycles. The molecule has 4 rings (SSSR count). The summed E-state index contributed by atoms with van der Waals surface area (Å²) < 4.78 is 28.2. The minimum absolute atomic E-state index is 0.00314. The molecule has 0 aliphatic carbocycles. The van der Waals surface area contributed by atoms with Gasteiger partial charge in [0.2, 0.25) is 10.0 Å². The molecule has 0 unspecified atom stereocenters. The maximum atomic E-state index is 13.3. The fraction of sp³-hybridized carbons (Fsp3) is 0.0435. The van der Waals surface area contributed by atoms with Crippen LogP contribution in [-0.2, 0) is 14.8 Å². The molecule has 32 heavy (non-hydrogen) atoms. The molecular formula is C23H19N3O4S2. The molecule has 9 heteroatoms. The number of benzene rings is 3. The van der Waals surface area contributed by atoms with E-state index < -0.39 is 10.0 Å². The van der Waals surface area contributed by atoms with Crippen molar-refractivity contribution >= 4 is 50.3 Å². The predicted octanol–water partition coefficient (Wildman–Crippen LogP) is 4.15. The van der Waals surface area contributed by atoms with Crippen LogP contribution in [0.15, 0.2) is 93.7 Å². The van der Waals surface area contributed by atoms with Crippen molar-refractivity contribution in [3.8, 4) is 5.75 Å². The quantitative estimate of drug-likeness (QED) is 0.570. The summed E-state index contributed by atoms with van der Waals surface area (Å²) in [6.07, 6.45) is 1.80. The average molecular weight is 466 g/mol. The van der Waals surface area contributed by atoms with Crippen LogP contribution in [0.3, 0.4) is 0 Å². The van der Waals surface area contributed by atoms with Crippen molar-refractivity contribution < 1.29 is 17.9 Å². The van der Waals surface area contributed by atoms with Gasteiger partial charge in [0.25, 0.3) is 5.91 Å². The Bertz CT molecular complexity index is 1300.